The quantitative estimate of drug-likeness (QED) is 0.791. The monoisotopic (exact) mass is 255 g/mol. The third-order valence-electron chi connectivity index (χ3n) is 1.77. The SMILES string of the molecule is CSCC(=O)NCc1sccc1C#CCO. The molecule has 1 heterocycles. The Morgan fingerprint density at radius 1 is 1.69 bits per heavy atom. The van der Waals surface area contributed by atoms with Crippen molar-refractivity contribution in [2.45, 2.75) is 6.54 Å². The van der Waals surface area contributed by atoms with Crippen LogP contribution in [0.4, 0.5) is 0 Å². The van der Waals surface area contributed by atoms with Crippen molar-refractivity contribution in [2.24, 2.45) is 0 Å². The molecule has 0 aromatic carbocycles. The molecule has 0 saturated heterocycles. The molecule has 1 aromatic heterocycles. The molecule has 0 fully saturated rings. The van der Waals surface area contributed by atoms with E-state index in [1.54, 1.807) is 11.3 Å². The van der Waals surface area contributed by atoms with E-state index in [4.69, 9.17) is 5.11 Å². The van der Waals surface area contributed by atoms with Crippen molar-refractivity contribution in [3.8, 4) is 11.8 Å². The minimum atomic E-state index is -0.145. The summed E-state index contributed by atoms with van der Waals surface area (Å²) in [5.41, 5.74) is 0.878. The van der Waals surface area contributed by atoms with Gasteiger partial charge in [0.1, 0.15) is 6.61 Å². The minimum absolute atomic E-state index is 0.0296. The molecule has 0 aliphatic rings. The fraction of sp³-hybridized carbons (Fsp3) is 0.364. The lowest BCUT2D eigenvalue weighted by Gasteiger charge is -2.02. The van der Waals surface area contributed by atoms with Crippen molar-refractivity contribution in [1.29, 1.82) is 0 Å². The number of carbonyl (C=O) groups is 1. The zero-order chi connectivity index (χ0) is 11.8. The predicted molar refractivity (Wildman–Crippen MR) is 68.5 cm³/mol. The van der Waals surface area contributed by atoms with Crippen molar-refractivity contribution in [2.75, 3.05) is 18.6 Å². The Morgan fingerprint density at radius 3 is 3.19 bits per heavy atom. The lowest BCUT2D eigenvalue weighted by molar-refractivity contribution is -0.118. The van der Waals surface area contributed by atoms with Crippen molar-refractivity contribution in [3.63, 3.8) is 0 Å². The van der Waals surface area contributed by atoms with Gasteiger partial charge in [-0.2, -0.15) is 11.8 Å². The van der Waals surface area contributed by atoms with Crippen LogP contribution in [-0.4, -0.2) is 29.6 Å². The highest BCUT2D eigenvalue weighted by molar-refractivity contribution is 7.99. The summed E-state index contributed by atoms with van der Waals surface area (Å²) in [5, 5.41) is 13.4. The van der Waals surface area contributed by atoms with Crippen LogP contribution in [0.3, 0.4) is 0 Å². The van der Waals surface area contributed by atoms with Gasteiger partial charge in [-0.3, -0.25) is 4.79 Å². The maximum atomic E-state index is 11.3. The highest BCUT2D eigenvalue weighted by atomic mass is 32.2. The van der Waals surface area contributed by atoms with Gasteiger partial charge in [0, 0.05) is 10.4 Å². The van der Waals surface area contributed by atoms with Crippen LogP contribution in [0, 0.1) is 11.8 Å². The molecule has 2 N–H and O–H groups in total. The molecule has 1 amide bonds. The number of aliphatic hydroxyl groups excluding tert-OH is 1. The van der Waals surface area contributed by atoms with Gasteiger partial charge in [-0.1, -0.05) is 11.8 Å². The second kappa shape index (κ2) is 7.34. The van der Waals surface area contributed by atoms with Crippen LogP contribution in [0.5, 0.6) is 0 Å². The number of aliphatic hydroxyl groups is 1. The zero-order valence-corrected chi connectivity index (χ0v) is 10.6. The molecule has 86 valence electrons. The van der Waals surface area contributed by atoms with Gasteiger partial charge in [0.15, 0.2) is 0 Å². The maximum absolute atomic E-state index is 11.3. The summed E-state index contributed by atoms with van der Waals surface area (Å²) in [7, 11) is 0. The van der Waals surface area contributed by atoms with E-state index in [0.717, 1.165) is 10.4 Å². The fourth-order valence-corrected chi connectivity index (χ4v) is 2.22. The summed E-state index contributed by atoms with van der Waals surface area (Å²) < 4.78 is 0. The van der Waals surface area contributed by atoms with E-state index in [2.05, 4.69) is 17.2 Å². The molecule has 0 spiro atoms. The Balaban J connectivity index is 2.54. The van der Waals surface area contributed by atoms with Gasteiger partial charge in [-0.25, -0.2) is 0 Å². The van der Waals surface area contributed by atoms with Gasteiger partial charge >= 0.3 is 0 Å². The van der Waals surface area contributed by atoms with Gasteiger partial charge in [0.25, 0.3) is 0 Å². The number of thiophene rings is 1. The number of thioether (sulfide) groups is 1. The standard InChI is InChI=1S/C11H13NO2S2/c1-15-8-11(14)12-7-10-9(3-2-5-13)4-6-16-10/h4,6,13H,5,7-8H2,1H3,(H,12,14). The Kier molecular flexibility index (Phi) is 6.01. The third kappa shape index (κ3) is 4.27. The molecule has 0 saturated carbocycles. The maximum Gasteiger partial charge on any atom is 0.230 e. The molecular weight excluding hydrogens is 242 g/mol. The smallest absolute Gasteiger partial charge is 0.230 e. The lowest BCUT2D eigenvalue weighted by Crippen LogP contribution is -2.24. The number of amides is 1. The summed E-state index contributed by atoms with van der Waals surface area (Å²) in [6, 6.07) is 1.89. The van der Waals surface area contributed by atoms with E-state index in [9.17, 15) is 4.79 Å². The summed E-state index contributed by atoms with van der Waals surface area (Å²) in [4.78, 5) is 12.3. The number of hydrogen-bond donors (Lipinski definition) is 2. The molecule has 1 rings (SSSR count). The molecule has 16 heavy (non-hydrogen) atoms. The van der Waals surface area contributed by atoms with Crippen molar-refractivity contribution < 1.29 is 9.90 Å². The van der Waals surface area contributed by atoms with E-state index in [1.807, 2.05) is 17.7 Å². The van der Waals surface area contributed by atoms with Crippen LogP contribution < -0.4 is 5.32 Å². The largest absolute Gasteiger partial charge is 0.384 e. The first-order valence-electron chi connectivity index (χ1n) is 4.69. The van der Waals surface area contributed by atoms with Gasteiger partial charge in [-0.15, -0.1) is 11.3 Å². The Labute approximate surface area is 103 Å². The van der Waals surface area contributed by atoms with Gasteiger partial charge in [-0.05, 0) is 17.7 Å². The Hall–Kier alpha value is -0.960. The van der Waals surface area contributed by atoms with E-state index in [0.29, 0.717) is 12.3 Å². The summed E-state index contributed by atoms with van der Waals surface area (Å²) in [6.45, 7) is 0.362. The van der Waals surface area contributed by atoms with Crippen molar-refractivity contribution in [3.05, 3.63) is 21.9 Å². The highest BCUT2D eigenvalue weighted by Gasteiger charge is 2.04. The average Bonchev–Trinajstić information content (AvgIpc) is 2.71. The molecule has 0 radical (unpaired) electrons. The van der Waals surface area contributed by atoms with E-state index in [-0.39, 0.29) is 12.5 Å². The first-order valence-corrected chi connectivity index (χ1v) is 6.97. The number of rotatable bonds is 4. The minimum Gasteiger partial charge on any atom is -0.384 e. The molecule has 0 atom stereocenters. The first kappa shape index (κ1) is 13.1. The van der Waals surface area contributed by atoms with Crippen molar-refractivity contribution in [1.82, 2.24) is 5.32 Å². The molecule has 1 aromatic rings. The molecule has 0 unspecified atom stereocenters. The molecule has 3 nitrogen and oxygen atoms in total. The lowest BCUT2D eigenvalue weighted by atomic mass is 10.2. The van der Waals surface area contributed by atoms with Crippen LogP contribution in [-0.2, 0) is 11.3 Å². The molecule has 0 aliphatic heterocycles. The second-order valence-corrected chi connectivity index (χ2v) is 4.79. The summed E-state index contributed by atoms with van der Waals surface area (Å²) in [5.74, 6) is 5.96. The third-order valence-corrected chi connectivity index (χ3v) is 3.24. The Bertz CT molecular complexity index is 404. The van der Waals surface area contributed by atoms with Crippen LogP contribution in [0.25, 0.3) is 0 Å². The second-order valence-electron chi connectivity index (χ2n) is 2.93. The van der Waals surface area contributed by atoms with Crippen LogP contribution in [0.2, 0.25) is 0 Å². The normalized spacial score (nSPS) is 9.38. The van der Waals surface area contributed by atoms with Gasteiger partial charge < -0.3 is 10.4 Å². The molecular formula is C11H13NO2S2. The van der Waals surface area contributed by atoms with Crippen LogP contribution in [0.15, 0.2) is 11.4 Å². The highest BCUT2D eigenvalue weighted by Crippen LogP contribution is 2.15. The van der Waals surface area contributed by atoms with Crippen molar-refractivity contribution >= 4 is 29.0 Å². The molecule has 0 bridgehead atoms. The van der Waals surface area contributed by atoms with E-state index in [1.165, 1.54) is 11.8 Å². The van der Waals surface area contributed by atoms with Crippen LogP contribution in [0.1, 0.15) is 10.4 Å². The Morgan fingerprint density at radius 2 is 2.50 bits per heavy atom. The summed E-state index contributed by atoms with van der Waals surface area (Å²) >= 11 is 3.05. The molecule has 5 heteroatoms. The van der Waals surface area contributed by atoms with Gasteiger partial charge in [0.2, 0.25) is 5.91 Å². The zero-order valence-electron chi connectivity index (χ0n) is 8.95. The fourth-order valence-electron chi connectivity index (χ4n) is 1.08. The molecule has 0 aliphatic carbocycles. The summed E-state index contributed by atoms with van der Waals surface area (Å²) in [6.07, 6.45) is 1.89. The average molecular weight is 255 g/mol. The van der Waals surface area contributed by atoms with E-state index >= 15 is 0 Å². The van der Waals surface area contributed by atoms with Crippen LogP contribution >= 0.6 is 23.1 Å². The number of hydrogen-bond acceptors (Lipinski definition) is 4. The first-order chi connectivity index (χ1) is 7.77. The topological polar surface area (TPSA) is 49.3 Å². The van der Waals surface area contributed by atoms with Gasteiger partial charge in [0.05, 0.1) is 12.3 Å². The number of carbonyl (C=O) groups excluding carboxylic acids is 1. The number of nitrogens with one attached hydrogen (secondary N) is 1. The predicted octanol–water partition coefficient (Wildman–Crippen LogP) is 1.07. The van der Waals surface area contributed by atoms with E-state index < -0.39 is 0 Å².